The number of nitrogens with one attached hydrogen (secondary N) is 1. The Balaban J connectivity index is 1.83. The van der Waals surface area contributed by atoms with Crippen molar-refractivity contribution in [3.63, 3.8) is 0 Å². The summed E-state index contributed by atoms with van der Waals surface area (Å²) in [4.78, 5) is 24.5. The van der Waals surface area contributed by atoms with Crippen LogP contribution in [0, 0.1) is 0 Å². The summed E-state index contributed by atoms with van der Waals surface area (Å²) in [5.74, 6) is -0.846. The van der Waals surface area contributed by atoms with E-state index in [1.54, 1.807) is 6.92 Å². The molecule has 1 aromatic carbocycles. The number of carbonyl (C=O) groups excluding carboxylic acids is 2. The Morgan fingerprint density at radius 3 is 2.56 bits per heavy atom. The van der Waals surface area contributed by atoms with Crippen LogP contribution in [0.1, 0.15) is 48.9 Å². The standard InChI is InChI=1S/C19H23N3O3/c1-12(2)20-18(23)13(3)25-19(24)17-15-10-7-11-16(15)22(21-17)14-8-5-4-6-9-14/h4-6,8-9,12-13H,7,10-11H2,1-3H3,(H,20,23)/t13-/m0/s1. The predicted molar refractivity (Wildman–Crippen MR) is 93.7 cm³/mol. The third-order valence-corrected chi connectivity index (χ3v) is 4.21. The highest BCUT2D eigenvalue weighted by atomic mass is 16.5. The molecule has 25 heavy (non-hydrogen) atoms. The Morgan fingerprint density at radius 2 is 1.88 bits per heavy atom. The summed E-state index contributed by atoms with van der Waals surface area (Å²) in [7, 11) is 0. The van der Waals surface area contributed by atoms with Crippen molar-refractivity contribution in [1.82, 2.24) is 15.1 Å². The number of esters is 1. The lowest BCUT2D eigenvalue weighted by Gasteiger charge is -2.15. The minimum Gasteiger partial charge on any atom is -0.448 e. The maximum Gasteiger partial charge on any atom is 0.359 e. The second-order valence-corrected chi connectivity index (χ2v) is 6.59. The molecule has 132 valence electrons. The fourth-order valence-corrected chi connectivity index (χ4v) is 3.06. The molecule has 1 aliphatic rings. The summed E-state index contributed by atoms with van der Waals surface area (Å²) in [5.41, 5.74) is 3.23. The first-order valence-electron chi connectivity index (χ1n) is 8.65. The van der Waals surface area contributed by atoms with E-state index >= 15 is 0 Å². The molecule has 0 bridgehead atoms. The van der Waals surface area contributed by atoms with Crippen LogP contribution in [-0.4, -0.2) is 33.8 Å². The van der Waals surface area contributed by atoms with Gasteiger partial charge in [-0.25, -0.2) is 9.48 Å². The average molecular weight is 341 g/mol. The Kier molecular flexibility index (Phi) is 4.88. The van der Waals surface area contributed by atoms with Gasteiger partial charge in [0.05, 0.1) is 5.69 Å². The highest BCUT2D eigenvalue weighted by Gasteiger charge is 2.29. The van der Waals surface area contributed by atoms with E-state index in [1.807, 2.05) is 48.9 Å². The molecule has 1 heterocycles. The highest BCUT2D eigenvalue weighted by Crippen LogP contribution is 2.28. The van der Waals surface area contributed by atoms with Crippen molar-refractivity contribution in [2.24, 2.45) is 0 Å². The fourth-order valence-electron chi connectivity index (χ4n) is 3.06. The lowest BCUT2D eigenvalue weighted by molar-refractivity contribution is -0.129. The van der Waals surface area contributed by atoms with Crippen molar-refractivity contribution >= 4 is 11.9 Å². The Labute approximate surface area is 147 Å². The fraction of sp³-hybridized carbons (Fsp3) is 0.421. The SMILES string of the molecule is CC(C)NC(=O)[C@H](C)OC(=O)c1nn(-c2ccccc2)c2c1CCC2. The van der Waals surface area contributed by atoms with Crippen LogP contribution < -0.4 is 5.32 Å². The van der Waals surface area contributed by atoms with Gasteiger partial charge >= 0.3 is 5.97 Å². The van der Waals surface area contributed by atoms with Gasteiger partial charge in [-0.1, -0.05) is 18.2 Å². The number of amides is 1. The van der Waals surface area contributed by atoms with Gasteiger partial charge in [0.2, 0.25) is 0 Å². The number of rotatable bonds is 5. The maximum absolute atomic E-state index is 12.6. The van der Waals surface area contributed by atoms with Crippen LogP contribution >= 0.6 is 0 Å². The highest BCUT2D eigenvalue weighted by molar-refractivity contribution is 5.92. The number of carbonyl (C=O) groups is 2. The van der Waals surface area contributed by atoms with Crippen LogP contribution in [0.3, 0.4) is 0 Å². The van der Waals surface area contributed by atoms with E-state index in [4.69, 9.17) is 4.74 Å². The third kappa shape index (κ3) is 3.57. The van der Waals surface area contributed by atoms with Gasteiger partial charge in [0.25, 0.3) is 5.91 Å². The number of hydrogen-bond donors (Lipinski definition) is 1. The molecule has 1 atom stereocenters. The number of fused-ring (bicyclic) bond motifs is 1. The summed E-state index contributed by atoms with van der Waals surface area (Å²) in [6, 6.07) is 9.73. The van der Waals surface area contributed by atoms with Crippen LogP contribution in [0.2, 0.25) is 0 Å². The summed E-state index contributed by atoms with van der Waals surface area (Å²) in [5, 5.41) is 7.23. The van der Waals surface area contributed by atoms with Crippen LogP contribution in [0.15, 0.2) is 30.3 Å². The van der Waals surface area contributed by atoms with E-state index in [-0.39, 0.29) is 11.9 Å². The molecule has 0 spiro atoms. The van der Waals surface area contributed by atoms with Crippen LogP contribution in [0.5, 0.6) is 0 Å². The van der Waals surface area contributed by atoms with E-state index in [1.165, 1.54) is 0 Å². The minimum atomic E-state index is -0.853. The van der Waals surface area contributed by atoms with E-state index in [2.05, 4.69) is 10.4 Å². The number of hydrogen-bond acceptors (Lipinski definition) is 4. The number of para-hydroxylation sites is 1. The lowest BCUT2D eigenvalue weighted by Crippen LogP contribution is -2.39. The van der Waals surface area contributed by atoms with Crippen LogP contribution in [0.4, 0.5) is 0 Å². The van der Waals surface area contributed by atoms with E-state index in [0.29, 0.717) is 5.69 Å². The monoisotopic (exact) mass is 341 g/mol. The zero-order valence-electron chi connectivity index (χ0n) is 14.8. The van der Waals surface area contributed by atoms with E-state index in [9.17, 15) is 9.59 Å². The second-order valence-electron chi connectivity index (χ2n) is 6.59. The van der Waals surface area contributed by atoms with Gasteiger partial charge in [-0.2, -0.15) is 5.10 Å². The smallest absolute Gasteiger partial charge is 0.359 e. The zero-order valence-corrected chi connectivity index (χ0v) is 14.8. The van der Waals surface area contributed by atoms with Gasteiger partial charge < -0.3 is 10.1 Å². The first kappa shape index (κ1) is 17.2. The number of aromatic nitrogens is 2. The molecule has 0 saturated heterocycles. The summed E-state index contributed by atoms with van der Waals surface area (Å²) in [6.45, 7) is 5.30. The Morgan fingerprint density at radius 1 is 1.16 bits per heavy atom. The van der Waals surface area contributed by atoms with E-state index < -0.39 is 12.1 Å². The van der Waals surface area contributed by atoms with E-state index in [0.717, 1.165) is 36.2 Å². The molecule has 0 saturated carbocycles. The molecule has 1 amide bonds. The Bertz CT molecular complexity index is 781. The molecular formula is C19H23N3O3. The quantitative estimate of drug-likeness (QED) is 0.848. The summed E-state index contributed by atoms with van der Waals surface area (Å²) in [6.07, 6.45) is 1.82. The minimum absolute atomic E-state index is 0.00446. The second kappa shape index (κ2) is 7.09. The van der Waals surface area contributed by atoms with Gasteiger partial charge in [-0.05, 0) is 52.2 Å². The molecule has 0 aliphatic heterocycles. The predicted octanol–water partition coefficient (Wildman–Crippen LogP) is 2.43. The first-order chi connectivity index (χ1) is 12.0. The molecule has 0 fully saturated rings. The molecule has 1 N–H and O–H groups in total. The molecule has 0 radical (unpaired) electrons. The normalized spacial score (nSPS) is 14.2. The number of nitrogens with zero attached hydrogens (tertiary/aromatic N) is 2. The van der Waals surface area contributed by atoms with Gasteiger partial charge in [-0.3, -0.25) is 4.79 Å². The molecule has 3 rings (SSSR count). The van der Waals surface area contributed by atoms with Crippen molar-refractivity contribution in [3.05, 3.63) is 47.3 Å². The van der Waals surface area contributed by atoms with Gasteiger partial charge in [0.15, 0.2) is 11.8 Å². The number of ether oxygens (including phenoxy) is 1. The number of benzene rings is 1. The average Bonchev–Trinajstić information content (AvgIpc) is 3.17. The van der Waals surface area contributed by atoms with Gasteiger partial charge in [0.1, 0.15) is 0 Å². The molecule has 6 nitrogen and oxygen atoms in total. The van der Waals surface area contributed by atoms with Crippen LogP contribution in [0.25, 0.3) is 5.69 Å². The molecule has 2 aromatic rings. The topological polar surface area (TPSA) is 73.2 Å². The van der Waals surface area contributed by atoms with Gasteiger partial charge in [-0.15, -0.1) is 0 Å². The summed E-state index contributed by atoms with van der Waals surface area (Å²) >= 11 is 0. The van der Waals surface area contributed by atoms with Crippen molar-refractivity contribution in [2.45, 2.75) is 52.2 Å². The maximum atomic E-state index is 12.6. The van der Waals surface area contributed by atoms with Crippen LogP contribution in [-0.2, 0) is 22.4 Å². The van der Waals surface area contributed by atoms with Crippen molar-refractivity contribution in [3.8, 4) is 5.69 Å². The van der Waals surface area contributed by atoms with Crippen molar-refractivity contribution < 1.29 is 14.3 Å². The van der Waals surface area contributed by atoms with Gasteiger partial charge in [0, 0.05) is 17.3 Å². The largest absolute Gasteiger partial charge is 0.448 e. The molecule has 1 aliphatic carbocycles. The molecule has 0 unspecified atom stereocenters. The molecule has 6 heteroatoms. The molecular weight excluding hydrogens is 318 g/mol. The molecule has 1 aromatic heterocycles. The lowest BCUT2D eigenvalue weighted by atomic mass is 10.2. The zero-order chi connectivity index (χ0) is 18.0. The first-order valence-corrected chi connectivity index (χ1v) is 8.65. The van der Waals surface area contributed by atoms with Crippen molar-refractivity contribution in [1.29, 1.82) is 0 Å². The summed E-state index contributed by atoms with van der Waals surface area (Å²) < 4.78 is 7.16. The Hall–Kier alpha value is -2.63. The third-order valence-electron chi connectivity index (χ3n) is 4.21. The van der Waals surface area contributed by atoms with Crippen molar-refractivity contribution in [2.75, 3.05) is 0 Å².